The van der Waals surface area contributed by atoms with Gasteiger partial charge < -0.3 is 9.97 Å². The fourth-order valence-electron chi connectivity index (χ4n) is 5.17. The van der Waals surface area contributed by atoms with Gasteiger partial charge in [-0.15, -0.1) is 6.40 Å². The lowest BCUT2D eigenvalue weighted by Crippen LogP contribution is -2.11. The second-order valence-electron chi connectivity index (χ2n) is 9.77. The number of ketones is 2. The Balaban J connectivity index is 1.55. The Morgan fingerprint density at radius 3 is 1.74 bits per heavy atom. The van der Waals surface area contributed by atoms with Gasteiger partial charge in [-0.2, -0.15) is 0 Å². The number of aromatic nitrogens is 2. The van der Waals surface area contributed by atoms with Crippen molar-refractivity contribution in [2.24, 2.45) is 0 Å². The van der Waals surface area contributed by atoms with Crippen molar-refractivity contribution in [3.8, 4) is 12.3 Å². The lowest BCUT2D eigenvalue weighted by Gasteiger charge is -2.21. The number of aromatic amines is 2. The van der Waals surface area contributed by atoms with Crippen molar-refractivity contribution in [3.63, 3.8) is 0 Å². The zero-order valence-electron chi connectivity index (χ0n) is 22.9. The fourth-order valence-corrected chi connectivity index (χ4v) is 5.53. The largest absolute Gasteiger partial charge is 0.355 e. The molecule has 0 aliphatic rings. The van der Waals surface area contributed by atoms with Gasteiger partial charge in [-0.3, -0.25) is 9.59 Å². The van der Waals surface area contributed by atoms with Gasteiger partial charge in [0.15, 0.2) is 0 Å². The summed E-state index contributed by atoms with van der Waals surface area (Å²) in [7, 11) is 0. The molecule has 3 aromatic carbocycles. The number of rotatable bonds is 7. The monoisotopic (exact) mass is 624 g/mol. The van der Waals surface area contributed by atoms with Crippen molar-refractivity contribution in [3.05, 3.63) is 150 Å². The summed E-state index contributed by atoms with van der Waals surface area (Å²) >= 11 is 2.22. The number of terminal acetylenes is 1. The highest BCUT2D eigenvalue weighted by Crippen LogP contribution is 2.36. The Morgan fingerprint density at radius 2 is 1.26 bits per heavy atom. The minimum atomic E-state index is -0.241. The molecule has 0 saturated carbocycles. The molecule has 1 unspecified atom stereocenters. The van der Waals surface area contributed by atoms with Crippen LogP contribution in [0.5, 0.6) is 0 Å². The molecule has 1 atom stereocenters. The van der Waals surface area contributed by atoms with Crippen LogP contribution in [0, 0.1) is 36.7 Å². The lowest BCUT2D eigenvalue weighted by molar-refractivity contribution is 0.102. The van der Waals surface area contributed by atoms with Crippen LogP contribution in [0.4, 0.5) is 0 Å². The van der Waals surface area contributed by atoms with Crippen LogP contribution in [0.15, 0.2) is 84.9 Å². The molecular formula is C34H27IN2O2. The number of aryl methyl sites for hydroxylation is 3. The van der Waals surface area contributed by atoms with Crippen LogP contribution >= 0.6 is 22.6 Å². The quantitative estimate of drug-likeness (QED) is 0.112. The third-order valence-electron chi connectivity index (χ3n) is 6.95. The molecule has 2 heterocycles. The average molecular weight is 625 g/mol. The molecule has 4 nitrogen and oxygen atoms in total. The maximum absolute atomic E-state index is 13.3. The summed E-state index contributed by atoms with van der Waals surface area (Å²) in [5, 5.41) is 0. The Hall–Kier alpha value is -4.15. The molecule has 0 bridgehead atoms. The number of benzene rings is 3. The van der Waals surface area contributed by atoms with Gasteiger partial charge in [0.1, 0.15) is 1.37 Å². The molecule has 39 heavy (non-hydrogen) atoms. The van der Waals surface area contributed by atoms with E-state index in [0.717, 1.165) is 31.6 Å². The first-order valence-corrected chi connectivity index (χ1v) is 13.7. The fraction of sp³-hybridized carbons (Fsp3) is 0.118. The molecule has 0 spiro atoms. The zero-order valence-corrected chi connectivity index (χ0v) is 24.0. The van der Waals surface area contributed by atoms with Gasteiger partial charge in [-0.25, -0.2) is 0 Å². The molecule has 0 aliphatic carbocycles. The molecule has 0 radical (unpaired) electrons. The normalized spacial score (nSPS) is 11.8. The molecule has 5 aromatic rings. The van der Waals surface area contributed by atoms with Crippen LogP contribution in [0.2, 0.25) is 0 Å². The van der Waals surface area contributed by atoms with Crippen LogP contribution in [-0.4, -0.2) is 21.5 Å². The number of carbonyl (C=O) groups excluding carboxylic acids is 2. The number of carbonyl (C=O) groups is 2. The summed E-state index contributed by atoms with van der Waals surface area (Å²) in [6, 6.07) is 26.3. The van der Waals surface area contributed by atoms with E-state index < -0.39 is 0 Å². The third kappa shape index (κ3) is 5.39. The molecular weight excluding hydrogens is 595 g/mol. The highest BCUT2D eigenvalue weighted by atomic mass is 127. The third-order valence-corrected chi connectivity index (χ3v) is 7.67. The summed E-state index contributed by atoms with van der Waals surface area (Å²) in [5.41, 5.74) is 9.13. The van der Waals surface area contributed by atoms with Gasteiger partial charge in [0.25, 0.3) is 0 Å². The van der Waals surface area contributed by atoms with E-state index in [1.54, 1.807) is 24.3 Å². The van der Waals surface area contributed by atoms with Gasteiger partial charge in [0.2, 0.25) is 11.6 Å². The Morgan fingerprint density at radius 1 is 0.769 bits per heavy atom. The van der Waals surface area contributed by atoms with Gasteiger partial charge in [-0.1, -0.05) is 23.6 Å². The van der Waals surface area contributed by atoms with Crippen LogP contribution in [0.1, 0.15) is 78.6 Å². The Labute approximate surface area is 243 Å². The van der Waals surface area contributed by atoms with E-state index in [0.29, 0.717) is 28.1 Å². The minimum Gasteiger partial charge on any atom is -0.355 e. The van der Waals surface area contributed by atoms with Gasteiger partial charge >= 0.3 is 0 Å². The second-order valence-corrected chi connectivity index (χ2v) is 11.0. The highest BCUT2D eigenvalue weighted by molar-refractivity contribution is 14.1. The van der Waals surface area contributed by atoms with Crippen molar-refractivity contribution in [1.82, 2.24) is 9.97 Å². The molecule has 5 rings (SSSR count). The van der Waals surface area contributed by atoms with E-state index in [1.165, 1.54) is 5.56 Å². The Kier molecular flexibility index (Phi) is 7.04. The van der Waals surface area contributed by atoms with Crippen LogP contribution in [0.3, 0.4) is 0 Å². The highest BCUT2D eigenvalue weighted by Gasteiger charge is 2.26. The summed E-state index contributed by atoms with van der Waals surface area (Å²) in [4.78, 5) is 33.4. The summed E-state index contributed by atoms with van der Waals surface area (Å²) < 4.78 is 8.13. The van der Waals surface area contributed by atoms with Crippen molar-refractivity contribution in [2.45, 2.75) is 26.7 Å². The van der Waals surface area contributed by atoms with E-state index in [9.17, 15) is 9.59 Å². The van der Waals surface area contributed by atoms with Crippen LogP contribution < -0.4 is 0 Å². The smallest absolute Gasteiger partial charge is 0.209 e. The lowest BCUT2D eigenvalue weighted by atomic mass is 9.85. The van der Waals surface area contributed by atoms with E-state index in [-0.39, 0.29) is 17.5 Å². The van der Waals surface area contributed by atoms with Crippen LogP contribution in [-0.2, 0) is 0 Å². The second kappa shape index (κ2) is 10.9. The van der Waals surface area contributed by atoms with E-state index in [4.69, 9.17) is 1.37 Å². The first kappa shape index (κ1) is 25.1. The first-order valence-electron chi connectivity index (χ1n) is 13.1. The summed E-state index contributed by atoms with van der Waals surface area (Å²) in [5.74, 6) is 2.23. The minimum absolute atomic E-state index is 0.0698. The van der Waals surface area contributed by atoms with Crippen LogP contribution in [0.25, 0.3) is 0 Å². The van der Waals surface area contributed by atoms with Gasteiger partial charge in [0.05, 0.1) is 17.3 Å². The molecule has 2 N–H and O–H groups in total. The van der Waals surface area contributed by atoms with Crippen molar-refractivity contribution >= 4 is 34.2 Å². The molecule has 5 heteroatoms. The van der Waals surface area contributed by atoms with E-state index in [2.05, 4.69) is 77.8 Å². The molecule has 2 aromatic heterocycles. The topological polar surface area (TPSA) is 65.7 Å². The average Bonchev–Trinajstić information content (AvgIpc) is 3.62. The number of H-pyrrole nitrogens is 2. The van der Waals surface area contributed by atoms with Crippen molar-refractivity contribution in [2.75, 3.05) is 0 Å². The van der Waals surface area contributed by atoms with E-state index >= 15 is 0 Å². The van der Waals surface area contributed by atoms with Crippen molar-refractivity contribution < 1.29 is 11.0 Å². The maximum atomic E-state index is 13.3. The maximum Gasteiger partial charge on any atom is 0.209 e. The molecule has 0 aliphatic heterocycles. The van der Waals surface area contributed by atoms with Crippen molar-refractivity contribution in [1.29, 1.82) is 0 Å². The van der Waals surface area contributed by atoms with E-state index in [1.807, 2.05) is 48.5 Å². The summed E-state index contributed by atoms with van der Waals surface area (Å²) in [6.45, 7) is 6.27. The molecule has 192 valence electrons. The number of hydrogen-bond acceptors (Lipinski definition) is 2. The molecule has 0 fully saturated rings. The number of hydrogen-bond donors (Lipinski definition) is 2. The predicted octanol–water partition coefficient (Wildman–Crippen LogP) is 7.50. The van der Waals surface area contributed by atoms with Gasteiger partial charge in [-0.05, 0) is 133 Å². The SMILES string of the molecule is [3H]C#Cc1ccc(C(=O)c2ccc(C(c3ccc(C(=O)c4ccc(I)cc4)[nH]3)c3c(C)cc(C)cc3C)[nH]2)cc1. The predicted molar refractivity (Wildman–Crippen MR) is 164 cm³/mol. The molecule has 0 saturated heterocycles. The zero-order chi connectivity index (χ0) is 28.4. The standard InChI is InChI=1S/C34H27IN2O2/c1-5-23-6-8-24(9-7-23)33(38)29-16-14-27(36-29)32(31-21(3)18-20(2)19-22(31)4)28-15-17-30(37-28)34(39)25-10-12-26(35)13-11-25/h1,6-19,32,36-37H,2-4H3/i1T. The molecule has 0 amide bonds. The first-order chi connectivity index (χ1) is 19.2. The summed E-state index contributed by atoms with van der Waals surface area (Å²) in [6.07, 6.45) is 2.13. The Bertz CT molecular complexity index is 1760. The van der Waals surface area contributed by atoms with Gasteiger partial charge in [0, 0.05) is 31.6 Å². The number of halogens is 1. The number of nitrogens with one attached hydrogen (secondary N) is 2.